The van der Waals surface area contributed by atoms with Crippen molar-refractivity contribution in [3.8, 4) is 6.07 Å². The summed E-state index contributed by atoms with van der Waals surface area (Å²) < 4.78 is 26.2. The number of hydrogen-bond acceptors (Lipinski definition) is 4. The third-order valence-corrected chi connectivity index (χ3v) is 5.71. The highest BCUT2D eigenvalue weighted by atomic mass is 35.5. The fraction of sp³-hybridized carbons (Fsp3) is 0.462. The summed E-state index contributed by atoms with van der Waals surface area (Å²) in [6.07, 6.45) is 0.798. The maximum Gasteiger partial charge on any atom is 0.243 e. The number of piperidine rings is 1. The van der Waals surface area contributed by atoms with E-state index in [4.69, 9.17) is 16.9 Å². The van der Waals surface area contributed by atoms with E-state index >= 15 is 0 Å². The van der Waals surface area contributed by atoms with Gasteiger partial charge in [-0.2, -0.15) is 9.57 Å². The molecule has 1 saturated heterocycles. The molecule has 1 fully saturated rings. The maximum atomic E-state index is 12.5. The van der Waals surface area contributed by atoms with Gasteiger partial charge in [0, 0.05) is 13.1 Å². The lowest BCUT2D eigenvalue weighted by Crippen LogP contribution is -2.45. The van der Waals surface area contributed by atoms with Crippen LogP contribution in [0.25, 0.3) is 0 Å². The SMILES string of the molecule is CC1(O)CCN(S(=O)(=O)c2ccc(C#N)c(Cl)c2)CC1. The van der Waals surface area contributed by atoms with E-state index in [1.165, 1.54) is 22.5 Å². The van der Waals surface area contributed by atoms with Crippen LogP contribution in [0.2, 0.25) is 5.02 Å². The first-order valence-corrected chi connectivity index (χ1v) is 8.00. The monoisotopic (exact) mass is 314 g/mol. The molecule has 1 N–H and O–H groups in total. The lowest BCUT2D eigenvalue weighted by Gasteiger charge is -2.34. The molecule has 0 bridgehead atoms. The minimum Gasteiger partial charge on any atom is -0.390 e. The van der Waals surface area contributed by atoms with Gasteiger partial charge in [0.2, 0.25) is 10.0 Å². The van der Waals surface area contributed by atoms with Crippen LogP contribution in [-0.2, 0) is 10.0 Å². The van der Waals surface area contributed by atoms with Crippen LogP contribution in [0.5, 0.6) is 0 Å². The molecule has 5 nitrogen and oxygen atoms in total. The molecule has 2 rings (SSSR count). The smallest absolute Gasteiger partial charge is 0.243 e. The van der Waals surface area contributed by atoms with E-state index in [2.05, 4.69) is 0 Å². The fourth-order valence-corrected chi connectivity index (χ4v) is 3.86. The number of sulfonamides is 1. The highest BCUT2D eigenvalue weighted by molar-refractivity contribution is 7.89. The second-order valence-corrected chi connectivity index (χ2v) is 7.50. The first kappa shape index (κ1) is 15.3. The topological polar surface area (TPSA) is 81.4 Å². The highest BCUT2D eigenvalue weighted by Gasteiger charge is 2.34. The molecule has 0 saturated carbocycles. The number of benzene rings is 1. The van der Waals surface area contributed by atoms with Gasteiger partial charge in [-0.3, -0.25) is 0 Å². The molecular formula is C13H15ClN2O3S. The molecule has 1 aromatic carbocycles. The zero-order valence-corrected chi connectivity index (χ0v) is 12.6. The van der Waals surface area contributed by atoms with E-state index in [9.17, 15) is 13.5 Å². The van der Waals surface area contributed by atoms with Crippen LogP contribution in [0.4, 0.5) is 0 Å². The van der Waals surface area contributed by atoms with Crippen molar-refractivity contribution in [3.05, 3.63) is 28.8 Å². The van der Waals surface area contributed by atoms with Crippen molar-refractivity contribution in [1.29, 1.82) is 5.26 Å². The van der Waals surface area contributed by atoms with Crippen LogP contribution in [-0.4, -0.2) is 36.5 Å². The standard InChI is InChI=1S/C13H15ClN2O3S/c1-13(17)4-6-16(7-5-13)20(18,19)11-3-2-10(9-15)12(14)8-11/h2-3,8,17H,4-7H2,1H3. The summed E-state index contributed by atoms with van der Waals surface area (Å²) in [6.45, 7) is 2.25. The van der Waals surface area contributed by atoms with Gasteiger partial charge in [0.15, 0.2) is 0 Å². The zero-order valence-electron chi connectivity index (χ0n) is 11.0. The van der Waals surface area contributed by atoms with Gasteiger partial charge >= 0.3 is 0 Å². The van der Waals surface area contributed by atoms with Gasteiger partial charge in [-0.25, -0.2) is 8.42 Å². The summed E-state index contributed by atoms with van der Waals surface area (Å²) in [5.74, 6) is 0. The van der Waals surface area contributed by atoms with Crippen molar-refractivity contribution < 1.29 is 13.5 Å². The van der Waals surface area contributed by atoms with Gasteiger partial charge in [-0.15, -0.1) is 0 Å². The predicted octanol–water partition coefficient (Wildman–Crippen LogP) is 1.75. The van der Waals surface area contributed by atoms with Gasteiger partial charge < -0.3 is 5.11 Å². The molecule has 7 heteroatoms. The van der Waals surface area contributed by atoms with Crippen LogP contribution < -0.4 is 0 Å². The average Bonchev–Trinajstić information content (AvgIpc) is 2.38. The van der Waals surface area contributed by atoms with Crippen molar-refractivity contribution in [2.24, 2.45) is 0 Å². The molecule has 0 radical (unpaired) electrons. The van der Waals surface area contributed by atoms with Gasteiger partial charge in [0.05, 0.1) is 21.1 Å². The quantitative estimate of drug-likeness (QED) is 0.901. The largest absolute Gasteiger partial charge is 0.390 e. The Bertz CT molecular complexity index is 655. The Hall–Kier alpha value is -1.13. The summed E-state index contributed by atoms with van der Waals surface area (Å²) in [5.41, 5.74) is -0.568. The van der Waals surface area contributed by atoms with Gasteiger partial charge in [0.25, 0.3) is 0 Å². The van der Waals surface area contributed by atoms with Crippen molar-refractivity contribution >= 4 is 21.6 Å². The Kier molecular flexibility index (Phi) is 4.07. The van der Waals surface area contributed by atoms with Crippen molar-refractivity contribution in [1.82, 2.24) is 4.31 Å². The average molecular weight is 315 g/mol. The van der Waals surface area contributed by atoms with E-state index in [-0.39, 0.29) is 28.6 Å². The molecule has 1 aliphatic heterocycles. The minimum atomic E-state index is -3.63. The Morgan fingerprint density at radius 1 is 1.40 bits per heavy atom. The molecule has 20 heavy (non-hydrogen) atoms. The summed E-state index contributed by atoms with van der Waals surface area (Å²) in [7, 11) is -3.63. The Morgan fingerprint density at radius 3 is 2.50 bits per heavy atom. The third-order valence-electron chi connectivity index (χ3n) is 3.50. The van der Waals surface area contributed by atoms with Gasteiger partial charge in [-0.05, 0) is 38.0 Å². The first-order chi connectivity index (χ1) is 9.26. The molecule has 1 aromatic rings. The van der Waals surface area contributed by atoms with Crippen LogP contribution in [0.3, 0.4) is 0 Å². The molecule has 0 atom stereocenters. The van der Waals surface area contributed by atoms with E-state index in [1.807, 2.05) is 6.07 Å². The van der Waals surface area contributed by atoms with E-state index in [0.717, 1.165) is 0 Å². The molecule has 0 aromatic heterocycles. The predicted molar refractivity (Wildman–Crippen MR) is 74.8 cm³/mol. The van der Waals surface area contributed by atoms with E-state index < -0.39 is 15.6 Å². The van der Waals surface area contributed by atoms with Crippen molar-refractivity contribution in [3.63, 3.8) is 0 Å². The van der Waals surface area contributed by atoms with Crippen molar-refractivity contribution in [2.75, 3.05) is 13.1 Å². The van der Waals surface area contributed by atoms with E-state index in [0.29, 0.717) is 12.8 Å². The zero-order chi connectivity index (χ0) is 15.0. The molecule has 0 unspecified atom stereocenters. The maximum absolute atomic E-state index is 12.5. The summed E-state index contributed by atoms with van der Waals surface area (Å²) in [4.78, 5) is 0.0723. The second-order valence-electron chi connectivity index (χ2n) is 5.15. The Labute approximate surface area is 123 Å². The van der Waals surface area contributed by atoms with E-state index in [1.54, 1.807) is 6.92 Å². The lowest BCUT2D eigenvalue weighted by molar-refractivity contribution is 0.0126. The third kappa shape index (κ3) is 2.96. The molecule has 0 amide bonds. The normalized spacial score (nSPS) is 19.5. The minimum absolute atomic E-state index is 0.0723. The number of aliphatic hydroxyl groups is 1. The molecule has 0 aliphatic carbocycles. The summed E-state index contributed by atoms with van der Waals surface area (Å²) >= 11 is 5.87. The second kappa shape index (κ2) is 5.34. The first-order valence-electron chi connectivity index (χ1n) is 6.18. The summed E-state index contributed by atoms with van der Waals surface area (Å²) in [5, 5.41) is 18.8. The number of halogens is 1. The lowest BCUT2D eigenvalue weighted by atomic mass is 9.95. The molecule has 1 heterocycles. The van der Waals surface area contributed by atoms with Gasteiger partial charge in [0.1, 0.15) is 6.07 Å². The molecular weight excluding hydrogens is 300 g/mol. The van der Waals surface area contributed by atoms with Crippen LogP contribution in [0.1, 0.15) is 25.3 Å². The van der Waals surface area contributed by atoms with Gasteiger partial charge in [-0.1, -0.05) is 11.6 Å². The summed E-state index contributed by atoms with van der Waals surface area (Å²) in [6, 6.07) is 5.96. The Balaban J connectivity index is 2.28. The number of nitrogens with zero attached hydrogens (tertiary/aromatic N) is 2. The number of hydrogen-bond donors (Lipinski definition) is 1. The van der Waals surface area contributed by atoms with Crippen molar-refractivity contribution in [2.45, 2.75) is 30.3 Å². The van der Waals surface area contributed by atoms with Crippen LogP contribution >= 0.6 is 11.6 Å². The van der Waals surface area contributed by atoms with Crippen LogP contribution in [0, 0.1) is 11.3 Å². The number of nitriles is 1. The fourth-order valence-electron chi connectivity index (χ4n) is 2.10. The molecule has 108 valence electrons. The van der Waals surface area contributed by atoms with Crippen LogP contribution in [0.15, 0.2) is 23.1 Å². The number of rotatable bonds is 2. The Morgan fingerprint density at radius 2 is 2.00 bits per heavy atom. The molecule has 0 spiro atoms. The molecule has 1 aliphatic rings. The highest BCUT2D eigenvalue weighted by Crippen LogP contribution is 2.28.